The number of benzene rings is 1. The molecule has 7 nitrogen and oxygen atoms in total. The van der Waals surface area contributed by atoms with Crippen LogP contribution in [0.15, 0.2) is 23.4 Å². The summed E-state index contributed by atoms with van der Waals surface area (Å²) in [6, 6.07) is 5.29. The minimum absolute atomic E-state index is 0.124. The number of methoxy groups -OCH3 is 1. The van der Waals surface area contributed by atoms with Crippen molar-refractivity contribution in [1.82, 2.24) is 14.8 Å². The van der Waals surface area contributed by atoms with Gasteiger partial charge in [-0.25, -0.2) is 4.79 Å². The maximum absolute atomic E-state index is 12.8. The fraction of sp³-hybridized carbons (Fsp3) is 0.391. The van der Waals surface area contributed by atoms with E-state index in [1.165, 1.54) is 30.2 Å². The number of esters is 1. The van der Waals surface area contributed by atoms with Crippen LogP contribution in [-0.4, -0.2) is 39.5 Å². The number of nitrogens with zero attached hydrogens (tertiary/aromatic N) is 3. The second-order valence-electron chi connectivity index (χ2n) is 8.06. The van der Waals surface area contributed by atoms with Crippen LogP contribution in [0.3, 0.4) is 0 Å². The molecule has 1 aliphatic rings. The second-order valence-corrected chi connectivity index (χ2v) is 10.9. The molecule has 0 saturated carbocycles. The summed E-state index contributed by atoms with van der Waals surface area (Å²) in [5.41, 5.74) is 2.29. The number of fused-ring (bicyclic) bond motifs is 1. The molecule has 0 fully saturated rings. The van der Waals surface area contributed by atoms with Crippen LogP contribution in [0.4, 0.5) is 5.00 Å². The molecule has 1 atom stereocenters. The van der Waals surface area contributed by atoms with Crippen molar-refractivity contribution in [3.8, 4) is 11.4 Å². The highest BCUT2D eigenvalue weighted by atomic mass is 35.5. The Morgan fingerprint density at radius 1 is 1.29 bits per heavy atom. The predicted molar refractivity (Wildman–Crippen MR) is 137 cm³/mol. The third kappa shape index (κ3) is 5.12. The van der Waals surface area contributed by atoms with E-state index in [0.29, 0.717) is 44.1 Å². The highest BCUT2D eigenvalue weighted by molar-refractivity contribution is 7.99. The van der Waals surface area contributed by atoms with E-state index in [0.717, 1.165) is 35.3 Å². The number of hydrogen-bond donors (Lipinski definition) is 1. The molecule has 11 heteroatoms. The summed E-state index contributed by atoms with van der Waals surface area (Å²) < 4.78 is 6.92. The van der Waals surface area contributed by atoms with E-state index in [9.17, 15) is 9.59 Å². The molecule has 1 N–H and O–H groups in total. The van der Waals surface area contributed by atoms with Gasteiger partial charge in [-0.15, -0.1) is 21.5 Å². The number of anilines is 1. The molecule has 1 aromatic carbocycles. The molecule has 180 valence electrons. The van der Waals surface area contributed by atoms with Gasteiger partial charge in [0.15, 0.2) is 11.0 Å². The van der Waals surface area contributed by atoms with Crippen LogP contribution in [0.25, 0.3) is 11.4 Å². The fourth-order valence-electron chi connectivity index (χ4n) is 3.98. The minimum atomic E-state index is -0.410. The lowest BCUT2D eigenvalue weighted by Crippen LogP contribution is -2.17. The summed E-state index contributed by atoms with van der Waals surface area (Å²) >= 11 is 14.9. The molecule has 0 bridgehead atoms. The summed E-state index contributed by atoms with van der Waals surface area (Å²) in [4.78, 5) is 26.4. The number of amides is 1. The average molecular weight is 540 g/mol. The van der Waals surface area contributed by atoms with Crippen LogP contribution in [0.5, 0.6) is 0 Å². The molecule has 3 aromatic rings. The molecule has 2 heterocycles. The molecular formula is C23H24Cl2N4O3S2. The topological polar surface area (TPSA) is 86.1 Å². The van der Waals surface area contributed by atoms with E-state index in [1.54, 1.807) is 12.1 Å². The van der Waals surface area contributed by atoms with Crippen molar-refractivity contribution in [3.05, 3.63) is 44.2 Å². The van der Waals surface area contributed by atoms with Gasteiger partial charge in [-0.3, -0.25) is 4.79 Å². The van der Waals surface area contributed by atoms with Crippen molar-refractivity contribution in [2.45, 2.75) is 44.8 Å². The van der Waals surface area contributed by atoms with Crippen molar-refractivity contribution in [2.24, 2.45) is 5.92 Å². The SMILES string of the molecule is CCn1c(SCC(=O)Nc2sc3c(c2C(=O)OC)CCC(C)C3)nnc1-c1ccc(Cl)c(Cl)c1. The number of thioether (sulfide) groups is 1. The standard InChI is InChI=1S/C23H24Cl2N4O3S2/c1-4-29-20(13-6-8-15(24)16(25)10-13)27-28-23(29)33-11-18(30)26-21-19(22(31)32-3)14-7-5-12(2)9-17(14)34-21/h6,8,10,12H,4-5,7,9,11H2,1-3H3,(H,26,30). The highest BCUT2D eigenvalue weighted by Crippen LogP contribution is 2.40. The lowest BCUT2D eigenvalue weighted by Gasteiger charge is -2.18. The Morgan fingerprint density at radius 2 is 2.09 bits per heavy atom. The van der Waals surface area contributed by atoms with Gasteiger partial charge in [0.2, 0.25) is 5.91 Å². The van der Waals surface area contributed by atoms with Crippen LogP contribution in [-0.2, 0) is 28.9 Å². The molecule has 0 saturated heterocycles. The molecule has 1 amide bonds. The Kier molecular flexibility index (Phi) is 7.87. The number of thiophene rings is 1. The van der Waals surface area contributed by atoms with Gasteiger partial charge in [0, 0.05) is 17.0 Å². The summed E-state index contributed by atoms with van der Waals surface area (Å²) in [5.74, 6) is 0.701. The van der Waals surface area contributed by atoms with Crippen molar-refractivity contribution < 1.29 is 14.3 Å². The number of aromatic nitrogens is 3. The lowest BCUT2D eigenvalue weighted by atomic mass is 9.88. The van der Waals surface area contributed by atoms with E-state index in [-0.39, 0.29) is 11.7 Å². The number of halogens is 2. The number of nitrogens with one attached hydrogen (secondary N) is 1. The van der Waals surface area contributed by atoms with E-state index in [1.807, 2.05) is 17.6 Å². The van der Waals surface area contributed by atoms with Gasteiger partial charge in [-0.2, -0.15) is 0 Å². The predicted octanol–water partition coefficient (Wildman–Crippen LogP) is 5.98. The Hall–Kier alpha value is -2.07. The van der Waals surface area contributed by atoms with E-state index < -0.39 is 5.97 Å². The zero-order valence-corrected chi connectivity index (χ0v) is 22.1. The third-order valence-electron chi connectivity index (χ3n) is 5.70. The fourth-order valence-corrected chi connectivity index (χ4v) is 6.49. The van der Waals surface area contributed by atoms with Gasteiger partial charge < -0.3 is 14.6 Å². The van der Waals surface area contributed by atoms with Crippen molar-refractivity contribution in [1.29, 1.82) is 0 Å². The van der Waals surface area contributed by atoms with Crippen LogP contribution < -0.4 is 5.32 Å². The molecule has 0 spiro atoms. The van der Waals surface area contributed by atoms with Gasteiger partial charge in [0.1, 0.15) is 5.00 Å². The average Bonchev–Trinajstić information content (AvgIpc) is 3.39. The maximum atomic E-state index is 12.8. The third-order valence-corrected chi connectivity index (χ3v) is 8.57. The van der Waals surface area contributed by atoms with Crippen LogP contribution in [0.1, 0.15) is 41.1 Å². The van der Waals surface area contributed by atoms with Crippen LogP contribution in [0.2, 0.25) is 10.0 Å². The normalized spacial score (nSPS) is 15.1. The summed E-state index contributed by atoms with van der Waals surface area (Å²) in [7, 11) is 1.36. The maximum Gasteiger partial charge on any atom is 0.341 e. The van der Waals surface area contributed by atoms with Gasteiger partial charge in [-0.05, 0) is 55.9 Å². The largest absolute Gasteiger partial charge is 0.465 e. The first-order valence-corrected chi connectivity index (χ1v) is 13.4. The van der Waals surface area contributed by atoms with Crippen molar-refractivity contribution in [2.75, 3.05) is 18.2 Å². The molecule has 4 rings (SSSR count). The first-order chi connectivity index (χ1) is 16.3. The first-order valence-electron chi connectivity index (χ1n) is 10.9. The van der Waals surface area contributed by atoms with Gasteiger partial charge in [0.05, 0.1) is 28.5 Å². The molecule has 1 aliphatic carbocycles. The Labute approximate surface area is 216 Å². The quantitative estimate of drug-likeness (QED) is 0.294. The van der Waals surface area contributed by atoms with Gasteiger partial charge >= 0.3 is 5.97 Å². The summed E-state index contributed by atoms with van der Waals surface area (Å²) in [5, 5.41) is 13.6. The van der Waals surface area contributed by atoms with Gasteiger partial charge in [-0.1, -0.05) is 41.9 Å². The molecule has 1 unspecified atom stereocenters. The van der Waals surface area contributed by atoms with Crippen LogP contribution in [0, 0.1) is 5.92 Å². The number of ether oxygens (including phenoxy) is 1. The highest BCUT2D eigenvalue weighted by Gasteiger charge is 2.29. The Bertz CT molecular complexity index is 1240. The number of carbonyl (C=O) groups is 2. The monoisotopic (exact) mass is 538 g/mol. The van der Waals surface area contributed by atoms with Crippen LogP contribution >= 0.6 is 46.3 Å². The molecular weight excluding hydrogens is 515 g/mol. The molecule has 2 aromatic heterocycles. The summed E-state index contributed by atoms with van der Waals surface area (Å²) in [6.45, 7) is 4.80. The minimum Gasteiger partial charge on any atom is -0.465 e. The number of carbonyl (C=O) groups excluding carboxylic acids is 2. The zero-order valence-electron chi connectivity index (χ0n) is 19.0. The van der Waals surface area contributed by atoms with Crippen molar-refractivity contribution in [3.63, 3.8) is 0 Å². The smallest absolute Gasteiger partial charge is 0.341 e. The Morgan fingerprint density at radius 3 is 2.79 bits per heavy atom. The molecule has 34 heavy (non-hydrogen) atoms. The number of rotatable bonds is 7. The first kappa shape index (κ1) is 25.0. The molecule has 0 aliphatic heterocycles. The molecule has 0 radical (unpaired) electrons. The van der Waals surface area contributed by atoms with E-state index in [2.05, 4.69) is 22.4 Å². The second kappa shape index (κ2) is 10.7. The van der Waals surface area contributed by atoms with E-state index in [4.69, 9.17) is 27.9 Å². The Balaban J connectivity index is 1.49. The summed E-state index contributed by atoms with van der Waals surface area (Å²) in [6.07, 6.45) is 2.75. The van der Waals surface area contributed by atoms with Crippen molar-refractivity contribution >= 4 is 63.2 Å². The van der Waals surface area contributed by atoms with E-state index >= 15 is 0 Å². The number of hydrogen-bond acceptors (Lipinski definition) is 7. The lowest BCUT2D eigenvalue weighted by molar-refractivity contribution is -0.113. The van der Waals surface area contributed by atoms with Gasteiger partial charge in [0.25, 0.3) is 0 Å². The zero-order chi connectivity index (χ0) is 24.4.